The summed E-state index contributed by atoms with van der Waals surface area (Å²) in [6.07, 6.45) is 0.647. The van der Waals surface area contributed by atoms with Crippen molar-refractivity contribution in [2.24, 2.45) is 0 Å². The van der Waals surface area contributed by atoms with E-state index in [1.807, 2.05) is 19.1 Å². The minimum atomic E-state index is -0.562. The van der Waals surface area contributed by atoms with E-state index in [1.165, 1.54) is 4.57 Å². The van der Waals surface area contributed by atoms with Gasteiger partial charge in [0.25, 0.3) is 5.56 Å². The van der Waals surface area contributed by atoms with Crippen molar-refractivity contribution < 1.29 is 9.59 Å². The molecule has 0 bridgehead atoms. The molecule has 1 aromatic heterocycles. The first-order chi connectivity index (χ1) is 9.97. The Morgan fingerprint density at radius 3 is 2.67 bits per heavy atom. The number of rotatable bonds is 1. The van der Waals surface area contributed by atoms with Gasteiger partial charge in [0.2, 0.25) is 0 Å². The molecule has 1 aliphatic carbocycles. The third-order valence-electron chi connectivity index (χ3n) is 3.98. The Kier molecular flexibility index (Phi) is 3.20. The van der Waals surface area contributed by atoms with Crippen LogP contribution in [0.5, 0.6) is 0 Å². The van der Waals surface area contributed by atoms with Gasteiger partial charge in [-0.2, -0.15) is 0 Å². The maximum Gasteiger partial charge on any atom is 0.262 e. The summed E-state index contributed by atoms with van der Waals surface area (Å²) in [6.45, 7) is 3.67. The largest absolute Gasteiger partial charge is 0.299 e. The second-order valence-electron chi connectivity index (χ2n) is 5.59. The van der Waals surface area contributed by atoms with Crippen molar-refractivity contribution in [3.8, 4) is 0 Å². The molecule has 0 N–H and O–H groups in total. The van der Waals surface area contributed by atoms with E-state index in [0.717, 1.165) is 5.56 Å². The first kappa shape index (κ1) is 13.7. The third kappa shape index (κ3) is 2.28. The average Bonchev–Trinajstić information content (AvgIpc) is 2.40. The lowest BCUT2D eigenvalue weighted by Gasteiger charge is -2.23. The zero-order valence-corrected chi connectivity index (χ0v) is 12.0. The van der Waals surface area contributed by atoms with Crippen LogP contribution in [0.1, 0.15) is 36.7 Å². The number of aromatic nitrogens is 2. The summed E-state index contributed by atoms with van der Waals surface area (Å²) < 4.78 is 1.45. The molecular formula is C16H16N2O3. The Balaban J connectivity index is 2.19. The lowest BCUT2D eigenvalue weighted by atomic mass is 9.92. The summed E-state index contributed by atoms with van der Waals surface area (Å²) in [4.78, 5) is 40.6. The fourth-order valence-electron chi connectivity index (χ4n) is 2.92. The molecule has 0 amide bonds. The van der Waals surface area contributed by atoms with Gasteiger partial charge in [-0.15, -0.1) is 0 Å². The van der Waals surface area contributed by atoms with Crippen LogP contribution >= 0.6 is 0 Å². The van der Waals surface area contributed by atoms with Crippen LogP contribution in [0.2, 0.25) is 0 Å². The van der Waals surface area contributed by atoms with Crippen LogP contribution < -0.4 is 5.56 Å². The summed E-state index contributed by atoms with van der Waals surface area (Å²) in [6, 6.07) is 4.90. The normalized spacial score (nSPS) is 19.2. The molecule has 5 heteroatoms. The lowest BCUT2D eigenvalue weighted by molar-refractivity contribution is -0.132. The van der Waals surface area contributed by atoms with Gasteiger partial charge in [0.05, 0.1) is 23.4 Å². The summed E-state index contributed by atoms with van der Waals surface area (Å²) in [5.41, 5.74) is 1.48. The number of carbonyl (C=O) groups is 2. The predicted octanol–water partition coefficient (Wildman–Crippen LogP) is 1.88. The van der Waals surface area contributed by atoms with E-state index in [0.29, 0.717) is 29.6 Å². The fraction of sp³-hybridized carbons (Fsp3) is 0.375. The Morgan fingerprint density at radius 1 is 1.19 bits per heavy atom. The molecule has 1 aromatic carbocycles. The van der Waals surface area contributed by atoms with Gasteiger partial charge in [-0.05, 0) is 38.0 Å². The van der Waals surface area contributed by atoms with E-state index in [1.54, 1.807) is 13.0 Å². The van der Waals surface area contributed by atoms with E-state index in [-0.39, 0.29) is 23.5 Å². The third-order valence-corrected chi connectivity index (χ3v) is 3.98. The molecule has 3 rings (SSSR count). The standard InChI is InChI=1S/C16H16N2O3/c1-9-3-5-12-13(7-9)17-10(2)18(16(12)21)14-6-4-11(19)8-15(14)20/h3,5,7,14H,4,6,8H2,1-2H3. The molecule has 21 heavy (non-hydrogen) atoms. The SMILES string of the molecule is Cc1ccc2c(=O)n(C3CCC(=O)CC3=O)c(C)nc2c1. The van der Waals surface area contributed by atoms with Crippen molar-refractivity contribution in [3.05, 3.63) is 39.9 Å². The van der Waals surface area contributed by atoms with Crippen molar-refractivity contribution in [2.75, 3.05) is 0 Å². The minimum absolute atomic E-state index is 0.0497. The minimum Gasteiger partial charge on any atom is -0.299 e. The van der Waals surface area contributed by atoms with Crippen molar-refractivity contribution in [2.45, 2.75) is 39.2 Å². The highest BCUT2D eigenvalue weighted by Gasteiger charge is 2.30. The van der Waals surface area contributed by atoms with Crippen molar-refractivity contribution in [3.63, 3.8) is 0 Å². The zero-order valence-electron chi connectivity index (χ0n) is 12.0. The van der Waals surface area contributed by atoms with Crippen LogP contribution in [0, 0.1) is 13.8 Å². The molecule has 1 fully saturated rings. The zero-order chi connectivity index (χ0) is 15.1. The molecule has 1 atom stereocenters. The molecule has 2 aromatic rings. The van der Waals surface area contributed by atoms with Crippen LogP contribution in [0.25, 0.3) is 10.9 Å². The Bertz CT molecular complexity index is 820. The molecule has 1 heterocycles. The molecular weight excluding hydrogens is 268 g/mol. The van der Waals surface area contributed by atoms with E-state index < -0.39 is 6.04 Å². The highest BCUT2D eigenvalue weighted by molar-refractivity contribution is 6.03. The average molecular weight is 284 g/mol. The quantitative estimate of drug-likeness (QED) is 0.750. The van der Waals surface area contributed by atoms with Crippen molar-refractivity contribution >= 4 is 22.5 Å². The number of hydrogen-bond donors (Lipinski definition) is 0. The number of ketones is 2. The first-order valence-corrected chi connectivity index (χ1v) is 7.01. The van der Waals surface area contributed by atoms with Crippen LogP contribution in [0.15, 0.2) is 23.0 Å². The lowest BCUT2D eigenvalue weighted by Crippen LogP contribution is -2.36. The summed E-state index contributed by atoms with van der Waals surface area (Å²) in [5.74, 6) is 0.279. The smallest absolute Gasteiger partial charge is 0.262 e. The molecule has 1 saturated carbocycles. The fourth-order valence-corrected chi connectivity index (χ4v) is 2.92. The molecule has 108 valence electrons. The molecule has 5 nitrogen and oxygen atoms in total. The van der Waals surface area contributed by atoms with Crippen LogP contribution in [-0.2, 0) is 9.59 Å². The summed E-state index contributed by atoms with van der Waals surface area (Å²) >= 11 is 0. The van der Waals surface area contributed by atoms with Gasteiger partial charge >= 0.3 is 0 Å². The van der Waals surface area contributed by atoms with E-state index in [4.69, 9.17) is 0 Å². The number of aryl methyl sites for hydroxylation is 2. The number of benzene rings is 1. The summed E-state index contributed by atoms with van der Waals surface area (Å²) in [7, 11) is 0. The Hall–Kier alpha value is -2.30. The molecule has 0 radical (unpaired) electrons. The molecule has 1 aliphatic rings. The number of Topliss-reactive ketones (excluding diaryl/α,β-unsaturated/α-hetero) is 2. The van der Waals surface area contributed by atoms with Gasteiger partial charge in [-0.1, -0.05) is 6.07 Å². The number of nitrogens with zero attached hydrogens (tertiary/aromatic N) is 2. The highest BCUT2D eigenvalue weighted by Crippen LogP contribution is 2.24. The monoisotopic (exact) mass is 284 g/mol. The molecule has 0 aliphatic heterocycles. The van der Waals surface area contributed by atoms with Gasteiger partial charge in [0.1, 0.15) is 11.6 Å². The second kappa shape index (κ2) is 4.91. The predicted molar refractivity (Wildman–Crippen MR) is 78.4 cm³/mol. The maximum absolute atomic E-state index is 12.7. The number of hydrogen-bond acceptors (Lipinski definition) is 4. The van der Waals surface area contributed by atoms with Gasteiger partial charge < -0.3 is 0 Å². The van der Waals surface area contributed by atoms with Gasteiger partial charge in [0, 0.05) is 6.42 Å². The van der Waals surface area contributed by atoms with Crippen LogP contribution in [0.3, 0.4) is 0 Å². The van der Waals surface area contributed by atoms with Gasteiger partial charge in [0.15, 0.2) is 5.78 Å². The number of fused-ring (bicyclic) bond motifs is 1. The topological polar surface area (TPSA) is 69.0 Å². The maximum atomic E-state index is 12.7. The van der Waals surface area contributed by atoms with Crippen molar-refractivity contribution in [1.29, 1.82) is 0 Å². The second-order valence-corrected chi connectivity index (χ2v) is 5.59. The molecule has 0 spiro atoms. The Labute approximate surface area is 121 Å². The van der Waals surface area contributed by atoms with E-state index in [9.17, 15) is 14.4 Å². The van der Waals surface area contributed by atoms with Crippen molar-refractivity contribution in [1.82, 2.24) is 9.55 Å². The van der Waals surface area contributed by atoms with Gasteiger partial charge in [-0.3, -0.25) is 19.0 Å². The molecule has 0 saturated heterocycles. The first-order valence-electron chi connectivity index (χ1n) is 7.01. The Morgan fingerprint density at radius 2 is 1.95 bits per heavy atom. The van der Waals surface area contributed by atoms with E-state index in [2.05, 4.69) is 4.98 Å². The van der Waals surface area contributed by atoms with Crippen LogP contribution in [0.4, 0.5) is 0 Å². The van der Waals surface area contributed by atoms with Gasteiger partial charge in [-0.25, -0.2) is 4.98 Å². The highest BCUT2D eigenvalue weighted by atomic mass is 16.2. The van der Waals surface area contributed by atoms with Crippen LogP contribution in [-0.4, -0.2) is 21.1 Å². The van der Waals surface area contributed by atoms with E-state index >= 15 is 0 Å². The number of carbonyl (C=O) groups excluding carboxylic acids is 2. The summed E-state index contributed by atoms with van der Waals surface area (Å²) in [5, 5.41) is 0.510. The molecule has 1 unspecified atom stereocenters.